The highest BCUT2D eigenvalue weighted by Crippen LogP contribution is 2.42. The zero-order chi connectivity index (χ0) is 52.5. The molecule has 206 valence electrons. The van der Waals surface area contributed by atoms with Crippen LogP contribution in [0.15, 0.2) is 169 Å². The number of para-hydroxylation sites is 2. The van der Waals surface area contributed by atoms with Crippen molar-refractivity contribution < 1.29 is 37.0 Å². The van der Waals surface area contributed by atoms with Gasteiger partial charge in [0.15, 0.2) is 0 Å². The number of fused-ring (bicyclic) bond motifs is 7. The molecule has 2 heteroatoms. The lowest BCUT2D eigenvalue weighted by atomic mass is 10.0. The Bertz CT molecular complexity index is 3960. The van der Waals surface area contributed by atoms with E-state index in [2.05, 4.69) is 0 Å². The largest absolute Gasteiger partial charge is 0.307 e. The summed E-state index contributed by atoms with van der Waals surface area (Å²) in [6.07, 6.45) is 0. The number of rotatable bonds is 4. The van der Waals surface area contributed by atoms with Crippen LogP contribution < -0.4 is 0 Å². The molecule has 0 unspecified atom stereocenters. The van der Waals surface area contributed by atoms with Gasteiger partial charge in [0.25, 0.3) is 0 Å². The topological polar surface area (TPSA) is 9.86 Å². The van der Waals surface area contributed by atoms with E-state index in [9.17, 15) is 12.3 Å². The van der Waals surface area contributed by atoms with Gasteiger partial charge in [-0.15, -0.1) is 0 Å². The van der Waals surface area contributed by atoms with Crippen molar-refractivity contribution in [3.63, 3.8) is 0 Å². The monoisotopic (exact) mass is 587 g/mol. The van der Waals surface area contributed by atoms with E-state index in [1.807, 2.05) is 0 Å². The lowest BCUT2D eigenvalue weighted by molar-refractivity contribution is 1.15. The molecule has 0 aliphatic carbocycles. The Morgan fingerprint density at radius 1 is 0.341 bits per heavy atom. The molecule has 0 bridgehead atoms. The predicted octanol–water partition coefficient (Wildman–Crippen LogP) is 11.2. The molecule has 0 N–H and O–H groups in total. The highest BCUT2D eigenvalue weighted by Gasteiger charge is 2.21. The summed E-state index contributed by atoms with van der Waals surface area (Å²) in [4.78, 5) is 0. The van der Waals surface area contributed by atoms with Crippen molar-refractivity contribution in [3.05, 3.63) is 169 Å². The van der Waals surface area contributed by atoms with Crippen molar-refractivity contribution in [3.8, 4) is 33.6 Å². The zero-order valence-electron chi connectivity index (χ0n) is 49.0. The van der Waals surface area contributed by atoms with Gasteiger partial charge in [0.1, 0.15) is 0 Å². The Kier molecular flexibility index (Phi) is 2.20. The molecule has 2 nitrogen and oxygen atoms in total. The maximum Gasteiger partial charge on any atom is 0.0788 e. The number of benzene rings is 7. The first-order valence-corrected chi connectivity index (χ1v) is 12.9. The van der Waals surface area contributed by atoms with Gasteiger partial charge < -0.3 is 9.13 Å². The number of hydrogen-bond acceptors (Lipinski definition) is 0. The average Bonchev–Trinajstić information content (AvgIpc) is 3.87. The van der Waals surface area contributed by atoms with Crippen molar-refractivity contribution >= 4 is 43.6 Å². The first-order chi connectivity index (χ1) is 33.1. The van der Waals surface area contributed by atoms with Gasteiger partial charge in [0.05, 0.1) is 59.1 Å². The molecule has 0 radical (unpaired) electrons. The molecule has 0 saturated heterocycles. The third kappa shape index (κ3) is 3.75. The molecule has 9 rings (SSSR count). The minimum Gasteiger partial charge on any atom is -0.307 e. The van der Waals surface area contributed by atoms with Crippen molar-refractivity contribution in [2.75, 3.05) is 0 Å². The fraction of sp³-hybridized carbons (Fsp3) is 0. The van der Waals surface area contributed by atoms with E-state index in [-0.39, 0.29) is 0 Å². The van der Waals surface area contributed by atoms with E-state index in [4.69, 9.17) is 24.7 Å². The molecule has 7 aromatic carbocycles. The normalized spacial score (nSPS) is 20.2. The Morgan fingerprint density at radius 3 is 1.39 bits per heavy atom. The van der Waals surface area contributed by atoms with Crippen LogP contribution in [0.3, 0.4) is 0 Å². The van der Waals surface area contributed by atoms with Gasteiger partial charge in [-0.05, 0) is 58.5 Å². The van der Waals surface area contributed by atoms with Crippen molar-refractivity contribution in [1.29, 1.82) is 0 Å². The van der Waals surface area contributed by atoms with Crippen LogP contribution >= 0.6 is 0 Å². The van der Waals surface area contributed by atoms with Crippen LogP contribution in [-0.2, 0) is 0 Å². The Morgan fingerprint density at radius 2 is 0.795 bits per heavy atom. The predicted molar refractivity (Wildman–Crippen MR) is 186 cm³/mol. The Balaban J connectivity index is 1.67. The second-order valence-corrected chi connectivity index (χ2v) is 9.34. The summed E-state index contributed by atoms with van der Waals surface area (Å²) in [5.41, 5.74) is -7.04. The first kappa shape index (κ1) is 9.83. The van der Waals surface area contributed by atoms with E-state index >= 15 is 0 Å². The highest BCUT2D eigenvalue weighted by molar-refractivity contribution is 6.23. The maximum atomic E-state index is 9.72. The van der Waals surface area contributed by atoms with Crippen LogP contribution in [0.25, 0.3) is 77.2 Å². The maximum absolute atomic E-state index is 9.72. The fourth-order valence-electron chi connectivity index (χ4n) is 5.21. The second-order valence-electron chi connectivity index (χ2n) is 9.34. The molecule has 0 saturated carbocycles. The van der Waals surface area contributed by atoms with Gasteiger partial charge >= 0.3 is 0 Å². The molecule has 0 atom stereocenters. The molecule has 0 amide bonds. The molecule has 0 aliphatic rings. The van der Waals surface area contributed by atoms with Gasteiger partial charge in [-0.3, -0.25) is 0 Å². The van der Waals surface area contributed by atoms with Crippen LogP contribution in [-0.4, -0.2) is 9.13 Å². The Hall–Kier alpha value is -5.86. The SMILES string of the molecule is [2H]c1cc(-n2c3c([2H])c([2H])c([2H])c([2H])c3c3c([2H])c([2H])c4c5c([2H])c([2H])c([2H])c([2H])c5n(-c5c([2H])c([2H])c([2H])c(-c6c([2H])c([2H])c([2H])c([2H])c6[2H])c5[2H])c4c32)c([2H])c(-c2c([2H])c([2H])c([2H])c([2H])c2[2H])c1[2H]. The second kappa shape index (κ2) is 9.86. The fourth-order valence-corrected chi connectivity index (χ4v) is 5.21. The van der Waals surface area contributed by atoms with Crippen molar-refractivity contribution in [2.24, 2.45) is 0 Å². The van der Waals surface area contributed by atoms with Crippen LogP contribution in [0.2, 0.25) is 0 Å². The van der Waals surface area contributed by atoms with Crippen molar-refractivity contribution in [2.45, 2.75) is 0 Å². The number of hydrogen-bond donors (Lipinski definition) is 0. The van der Waals surface area contributed by atoms with E-state index in [0.29, 0.717) is 0 Å². The third-order valence-electron chi connectivity index (χ3n) is 6.98. The van der Waals surface area contributed by atoms with Gasteiger partial charge in [-0.25, -0.2) is 0 Å². The van der Waals surface area contributed by atoms with Gasteiger partial charge in [0, 0.05) is 32.9 Å². The first-order valence-electron chi connectivity index (χ1n) is 26.4. The average molecular weight is 588 g/mol. The van der Waals surface area contributed by atoms with E-state index in [0.717, 1.165) is 15.2 Å². The summed E-state index contributed by atoms with van der Waals surface area (Å²) in [5.74, 6) is 0. The Labute approximate surface area is 293 Å². The lowest BCUT2D eigenvalue weighted by Gasteiger charge is -2.14. The van der Waals surface area contributed by atoms with Crippen LogP contribution in [0.1, 0.15) is 37.0 Å². The molecular formula is C42H28N2. The highest BCUT2D eigenvalue weighted by atomic mass is 15.0. The summed E-state index contributed by atoms with van der Waals surface area (Å²) >= 11 is 0. The zero-order valence-corrected chi connectivity index (χ0v) is 22.0. The smallest absolute Gasteiger partial charge is 0.0788 e. The molecule has 44 heavy (non-hydrogen) atoms. The van der Waals surface area contributed by atoms with E-state index in [1.54, 1.807) is 0 Å². The molecule has 9 aromatic rings. The summed E-state index contributed by atoms with van der Waals surface area (Å²) in [7, 11) is 0. The van der Waals surface area contributed by atoms with Crippen LogP contribution in [0.4, 0.5) is 0 Å². The van der Waals surface area contributed by atoms with Gasteiger partial charge in [0.2, 0.25) is 0 Å². The van der Waals surface area contributed by atoms with Crippen molar-refractivity contribution in [1.82, 2.24) is 9.13 Å². The summed E-state index contributed by atoms with van der Waals surface area (Å²) in [5, 5.41) is -2.23. The van der Waals surface area contributed by atoms with Crippen LogP contribution in [0.5, 0.6) is 0 Å². The molecule has 2 aromatic heterocycles. The van der Waals surface area contributed by atoms with E-state index < -0.39 is 240 Å². The number of aromatic nitrogens is 2. The van der Waals surface area contributed by atoms with E-state index in [1.165, 1.54) is 0 Å². The van der Waals surface area contributed by atoms with Gasteiger partial charge in [-0.2, -0.15) is 0 Å². The quantitative estimate of drug-likeness (QED) is 0.194. The third-order valence-corrected chi connectivity index (χ3v) is 6.98. The van der Waals surface area contributed by atoms with Gasteiger partial charge in [-0.1, -0.05) is 133 Å². The standard InChI is InChI=1S/C42H28N2/c1-3-13-29(14-4-1)31-17-11-19-33(27-31)43-39-23-9-7-21-35(39)37-25-26-38-36-22-8-10-24-40(36)44(42(38)41(37)43)34-20-12-18-32(28-34)30-15-5-2-6-16-30/h1-28H/i1D,2D,3D,4D,5D,6D,7D,8D,9D,10D,11D,12D,13D,14D,15D,16D,17D,18D,19D,21D,22D,23D,24D,25D,26D,27D,28D. The summed E-state index contributed by atoms with van der Waals surface area (Å²) in [6.45, 7) is 0. The molecule has 0 aliphatic heterocycles. The lowest BCUT2D eigenvalue weighted by Crippen LogP contribution is -1.99. The molecule has 2 heterocycles. The minimum absolute atomic E-state index is 0.535. The molecule has 0 spiro atoms. The summed E-state index contributed by atoms with van der Waals surface area (Å²) in [6, 6.07) is -23.6. The molecular weight excluding hydrogens is 532 g/mol. The number of nitrogens with zero attached hydrogens (tertiary/aromatic N) is 2. The van der Waals surface area contributed by atoms with Crippen LogP contribution in [0, 0.1) is 0 Å². The molecule has 0 fully saturated rings. The summed E-state index contributed by atoms with van der Waals surface area (Å²) < 4.78 is 242. The minimum atomic E-state index is -1.05.